The highest BCUT2D eigenvalue weighted by Crippen LogP contribution is 2.26. The van der Waals surface area contributed by atoms with Gasteiger partial charge in [-0.05, 0) is 16.0 Å². The van der Waals surface area contributed by atoms with E-state index in [0.29, 0.717) is 25.9 Å². The van der Waals surface area contributed by atoms with Gasteiger partial charge >= 0.3 is 0 Å². The van der Waals surface area contributed by atoms with Crippen LogP contribution in [0.15, 0.2) is 41.1 Å². The molecule has 0 bridgehead atoms. The lowest BCUT2D eigenvalue weighted by Crippen LogP contribution is -2.41. The van der Waals surface area contributed by atoms with Gasteiger partial charge in [0.25, 0.3) is 0 Å². The van der Waals surface area contributed by atoms with Crippen LogP contribution in [0.25, 0.3) is 0 Å². The minimum Gasteiger partial charge on any atom is -0.445 e. The highest BCUT2D eigenvalue weighted by Gasteiger charge is 2.32. The Morgan fingerprint density at radius 2 is 2.07 bits per heavy atom. The predicted molar refractivity (Wildman–Crippen MR) is 96.7 cm³/mol. The van der Waals surface area contributed by atoms with E-state index in [1.54, 1.807) is 0 Å². The van der Waals surface area contributed by atoms with E-state index in [2.05, 4.69) is 20.5 Å². The molecule has 27 heavy (non-hydrogen) atoms. The molecule has 3 aromatic rings. The second kappa shape index (κ2) is 7.30. The first-order valence-electron chi connectivity index (χ1n) is 9.15. The SMILES string of the molecule is CC(C)c1nc2c(o1)CCN(C(=O)C(Cc1ccccc1)n1cnnn1)C2. The number of aromatic nitrogens is 5. The summed E-state index contributed by atoms with van der Waals surface area (Å²) in [5.41, 5.74) is 1.92. The normalized spacial score (nSPS) is 15.0. The van der Waals surface area contributed by atoms with Gasteiger partial charge in [0.1, 0.15) is 23.8 Å². The number of hydrogen-bond donors (Lipinski definition) is 0. The molecule has 0 fully saturated rings. The molecule has 0 saturated carbocycles. The summed E-state index contributed by atoms with van der Waals surface area (Å²) in [6.07, 6.45) is 2.70. The highest BCUT2D eigenvalue weighted by atomic mass is 16.4. The topological polar surface area (TPSA) is 89.9 Å². The number of rotatable bonds is 5. The molecule has 1 amide bonds. The van der Waals surface area contributed by atoms with Gasteiger partial charge in [0.2, 0.25) is 5.91 Å². The number of carbonyl (C=O) groups is 1. The third-order valence-corrected chi connectivity index (χ3v) is 4.79. The van der Waals surface area contributed by atoms with Crippen LogP contribution in [0.1, 0.15) is 48.7 Å². The van der Waals surface area contributed by atoms with Crippen molar-refractivity contribution in [3.63, 3.8) is 0 Å². The fourth-order valence-electron chi connectivity index (χ4n) is 3.31. The first-order chi connectivity index (χ1) is 13.1. The van der Waals surface area contributed by atoms with Crippen LogP contribution >= 0.6 is 0 Å². The van der Waals surface area contributed by atoms with E-state index in [9.17, 15) is 4.79 Å². The molecule has 0 saturated heterocycles. The number of carbonyl (C=O) groups excluding carboxylic acids is 1. The zero-order chi connectivity index (χ0) is 18.8. The summed E-state index contributed by atoms with van der Waals surface area (Å²) in [5.74, 6) is 1.85. The summed E-state index contributed by atoms with van der Waals surface area (Å²) in [6, 6.07) is 9.41. The minimum absolute atomic E-state index is 0.00843. The minimum atomic E-state index is -0.486. The Morgan fingerprint density at radius 1 is 1.26 bits per heavy atom. The molecule has 1 aliphatic rings. The number of oxazole rings is 1. The molecular weight excluding hydrogens is 344 g/mol. The molecule has 4 rings (SSSR count). The summed E-state index contributed by atoms with van der Waals surface area (Å²) in [6.45, 7) is 5.16. The second-order valence-electron chi connectivity index (χ2n) is 7.08. The van der Waals surface area contributed by atoms with Crippen molar-refractivity contribution in [1.82, 2.24) is 30.1 Å². The molecule has 1 unspecified atom stereocenters. The van der Waals surface area contributed by atoms with Crippen LogP contribution in [0.2, 0.25) is 0 Å². The van der Waals surface area contributed by atoms with Crippen LogP contribution in [0.3, 0.4) is 0 Å². The summed E-state index contributed by atoms with van der Waals surface area (Å²) in [4.78, 5) is 19.7. The zero-order valence-electron chi connectivity index (χ0n) is 15.4. The Balaban J connectivity index is 1.56. The highest BCUT2D eigenvalue weighted by molar-refractivity contribution is 5.80. The maximum atomic E-state index is 13.3. The number of tetrazole rings is 1. The largest absolute Gasteiger partial charge is 0.445 e. The van der Waals surface area contributed by atoms with Crippen LogP contribution in [-0.4, -0.2) is 42.5 Å². The van der Waals surface area contributed by atoms with Crippen molar-refractivity contribution in [1.29, 1.82) is 0 Å². The van der Waals surface area contributed by atoms with Crippen molar-refractivity contribution in [3.8, 4) is 0 Å². The molecule has 0 N–H and O–H groups in total. The van der Waals surface area contributed by atoms with Crippen molar-refractivity contribution >= 4 is 5.91 Å². The second-order valence-corrected chi connectivity index (χ2v) is 7.08. The Bertz CT molecular complexity index is 904. The fourth-order valence-corrected chi connectivity index (χ4v) is 3.31. The smallest absolute Gasteiger partial charge is 0.248 e. The molecule has 8 heteroatoms. The number of amides is 1. The molecule has 3 heterocycles. The first-order valence-corrected chi connectivity index (χ1v) is 9.15. The molecule has 0 radical (unpaired) electrons. The third-order valence-electron chi connectivity index (χ3n) is 4.79. The number of fused-ring (bicyclic) bond motifs is 1. The lowest BCUT2D eigenvalue weighted by molar-refractivity contribution is -0.136. The Hall–Kier alpha value is -3.03. The van der Waals surface area contributed by atoms with Gasteiger partial charge in [-0.1, -0.05) is 44.2 Å². The van der Waals surface area contributed by atoms with Gasteiger partial charge in [0, 0.05) is 25.3 Å². The van der Waals surface area contributed by atoms with E-state index in [4.69, 9.17) is 4.42 Å². The first kappa shape index (κ1) is 17.4. The Labute approximate surface area is 157 Å². The summed E-state index contributed by atoms with van der Waals surface area (Å²) in [7, 11) is 0. The maximum Gasteiger partial charge on any atom is 0.248 e. The molecule has 1 aromatic carbocycles. The molecule has 0 aliphatic carbocycles. The number of nitrogens with zero attached hydrogens (tertiary/aromatic N) is 6. The zero-order valence-corrected chi connectivity index (χ0v) is 15.4. The molecule has 2 aromatic heterocycles. The van der Waals surface area contributed by atoms with Gasteiger partial charge in [0.05, 0.1) is 6.54 Å². The quantitative estimate of drug-likeness (QED) is 0.687. The van der Waals surface area contributed by atoms with Gasteiger partial charge in [-0.15, -0.1) is 5.10 Å². The van der Waals surface area contributed by atoms with Crippen LogP contribution in [0, 0.1) is 0 Å². The fraction of sp³-hybridized carbons (Fsp3) is 0.421. The van der Waals surface area contributed by atoms with E-state index >= 15 is 0 Å². The molecule has 0 spiro atoms. The van der Waals surface area contributed by atoms with E-state index in [-0.39, 0.29) is 11.8 Å². The number of benzene rings is 1. The van der Waals surface area contributed by atoms with Crippen LogP contribution in [-0.2, 0) is 24.2 Å². The predicted octanol–water partition coefficient (Wildman–Crippen LogP) is 2.15. The van der Waals surface area contributed by atoms with Crippen molar-refractivity contribution in [3.05, 3.63) is 59.6 Å². The van der Waals surface area contributed by atoms with Gasteiger partial charge in [-0.3, -0.25) is 4.79 Å². The van der Waals surface area contributed by atoms with Crippen molar-refractivity contribution in [2.24, 2.45) is 0 Å². The van der Waals surface area contributed by atoms with E-state index in [0.717, 1.165) is 22.9 Å². The van der Waals surface area contributed by atoms with E-state index < -0.39 is 6.04 Å². The van der Waals surface area contributed by atoms with Gasteiger partial charge < -0.3 is 9.32 Å². The van der Waals surface area contributed by atoms with Gasteiger partial charge in [-0.25, -0.2) is 9.67 Å². The van der Waals surface area contributed by atoms with Crippen LogP contribution < -0.4 is 0 Å². The molecular formula is C19H22N6O2. The Kier molecular flexibility index (Phi) is 4.70. The average molecular weight is 366 g/mol. The summed E-state index contributed by atoms with van der Waals surface area (Å²) < 4.78 is 7.37. The summed E-state index contributed by atoms with van der Waals surface area (Å²) in [5, 5.41) is 11.4. The molecule has 1 aliphatic heterocycles. The Morgan fingerprint density at radius 3 is 2.78 bits per heavy atom. The average Bonchev–Trinajstić information content (AvgIpc) is 3.35. The van der Waals surface area contributed by atoms with Crippen molar-refractivity contribution in [2.75, 3.05) is 6.54 Å². The lowest BCUT2D eigenvalue weighted by atomic mass is 10.0. The van der Waals surface area contributed by atoms with Crippen LogP contribution in [0.5, 0.6) is 0 Å². The van der Waals surface area contributed by atoms with Gasteiger partial charge in [0.15, 0.2) is 5.89 Å². The molecule has 1 atom stereocenters. The standard InChI is InChI=1S/C19H22N6O2/c1-13(2)18-21-15-11-24(9-8-17(15)27-18)19(26)16(25-12-20-22-23-25)10-14-6-4-3-5-7-14/h3-7,12-13,16H,8-11H2,1-2H3. The maximum absolute atomic E-state index is 13.3. The number of hydrogen-bond acceptors (Lipinski definition) is 6. The van der Waals surface area contributed by atoms with E-state index in [1.807, 2.05) is 49.1 Å². The van der Waals surface area contributed by atoms with E-state index in [1.165, 1.54) is 11.0 Å². The third kappa shape index (κ3) is 3.60. The lowest BCUT2D eigenvalue weighted by Gasteiger charge is -2.29. The van der Waals surface area contributed by atoms with Crippen LogP contribution in [0.4, 0.5) is 0 Å². The molecule has 8 nitrogen and oxygen atoms in total. The van der Waals surface area contributed by atoms with Crippen molar-refractivity contribution < 1.29 is 9.21 Å². The monoisotopic (exact) mass is 366 g/mol. The molecule has 140 valence electrons. The van der Waals surface area contributed by atoms with Gasteiger partial charge in [-0.2, -0.15) is 0 Å². The summed E-state index contributed by atoms with van der Waals surface area (Å²) >= 11 is 0. The van der Waals surface area contributed by atoms with Crippen molar-refractivity contribution in [2.45, 2.75) is 45.2 Å².